The van der Waals surface area contributed by atoms with Crippen molar-refractivity contribution in [3.05, 3.63) is 22.4 Å². The topological polar surface area (TPSA) is 50.4 Å². The highest BCUT2D eigenvalue weighted by molar-refractivity contribution is 7.80. The second-order valence-electron chi connectivity index (χ2n) is 2.12. The van der Waals surface area contributed by atoms with Crippen LogP contribution < -0.4 is 11.3 Å². The molecule has 1 heterocycles. The third kappa shape index (κ3) is 2.37. The smallest absolute Gasteiger partial charge is 0.207 e. The van der Waals surface area contributed by atoms with Gasteiger partial charge < -0.3 is 0 Å². The molecule has 0 fully saturated rings. The number of nitrogens with two attached hydrogens (primary N) is 1. The molecular formula is C7H9N3S2. The Morgan fingerprint density at radius 1 is 1.75 bits per heavy atom. The summed E-state index contributed by atoms with van der Waals surface area (Å²) in [5.41, 5.74) is 3.19. The summed E-state index contributed by atoms with van der Waals surface area (Å²) in [7, 11) is 0. The summed E-state index contributed by atoms with van der Waals surface area (Å²) >= 11 is 6.41. The van der Waals surface area contributed by atoms with Crippen LogP contribution in [0.25, 0.3) is 0 Å². The second kappa shape index (κ2) is 4.30. The van der Waals surface area contributed by atoms with Gasteiger partial charge in [-0.1, -0.05) is 6.07 Å². The summed E-state index contributed by atoms with van der Waals surface area (Å²) < 4.78 is 0. The summed E-state index contributed by atoms with van der Waals surface area (Å²) in [6.45, 7) is 1.90. The van der Waals surface area contributed by atoms with Gasteiger partial charge in [0.1, 0.15) is 0 Å². The molecule has 1 rings (SSSR count). The standard InChI is InChI=1S/C7H9N3S2/c1-5(9-7(11)10-8)6-3-2-4-12-6/h2-4H,8H2,1H3,(H,10,11)/b9-5-. The van der Waals surface area contributed by atoms with Crippen LogP contribution >= 0.6 is 23.6 Å². The summed E-state index contributed by atoms with van der Waals surface area (Å²) in [6.07, 6.45) is 0. The first-order valence-electron chi connectivity index (χ1n) is 3.34. The fourth-order valence-corrected chi connectivity index (χ4v) is 1.54. The molecule has 0 aliphatic heterocycles. The van der Waals surface area contributed by atoms with E-state index < -0.39 is 0 Å². The van der Waals surface area contributed by atoms with E-state index >= 15 is 0 Å². The Balaban J connectivity index is 2.77. The fraction of sp³-hybridized carbons (Fsp3) is 0.143. The minimum atomic E-state index is 0.306. The number of thiocarbonyl (C=S) groups is 1. The van der Waals surface area contributed by atoms with E-state index in [1.54, 1.807) is 11.3 Å². The van der Waals surface area contributed by atoms with Crippen molar-refractivity contribution < 1.29 is 0 Å². The quantitative estimate of drug-likeness (QED) is 0.310. The number of nitrogens with zero attached hydrogens (tertiary/aromatic N) is 1. The molecule has 3 N–H and O–H groups in total. The van der Waals surface area contributed by atoms with Gasteiger partial charge >= 0.3 is 0 Å². The van der Waals surface area contributed by atoms with Crippen molar-refractivity contribution in [2.24, 2.45) is 10.8 Å². The Bertz CT molecular complexity index is 290. The van der Waals surface area contributed by atoms with Gasteiger partial charge in [-0.2, -0.15) is 0 Å². The van der Waals surface area contributed by atoms with Crippen LogP contribution in [0.1, 0.15) is 11.8 Å². The average molecular weight is 199 g/mol. The Morgan fingerprint density at radius 2 is 2.50 bits per heavy atom. The molecule has 64 valence electrons. The van der Waals surface area contributed by atoms with Crippen LogP contribution in [0.15, 0.2) is 22.5 Å². The summed E-state index contributed by atoms with van der Waals surface area (Å²) in [6, 6.07) is 3.96. The molecule has 0 bridgehead atoms. The summed E-state index contributed by atoms with van der Waals surface area (Å²) in [5, 5.41) is 2.30. The lowest BCUT2D eigenvalue weighted by molar-refractivity contribution is 1.03. The normalized spacial score (nSPS) is 11.3. The molecule has 12 heavy (non-hydrogen) atoms. The Hall–Kier alpha value is -0.780. The zero-order valence-electron chi connectivity index (χ0n) is 6.57. The maximum atomic E-state index is 5.08. The molecule has 0 aliphatic rings. The number of rotatable bonds is 1. The SMILES string of the molecule is C/C(=N/C(=S)NN)c1cccs1. The van der Waals surface area contributed by atoms with Crippen molar-refractivity contribution in [1.82, 2.24) is 5.43 Å². The number of nitrogens with one attached hydrogen (secondary N) is 1. The van der Waals surface area contributed by atoms with Crippen molar-refractivity contribution in [2.45, 2.75) is 6.92 Å². The van der Waals surface area contributed by atoms with Gasteiger partial charge in [0.05, 0.1) is 5.71 Å². The third-order valence-electron chi connectivity index (χ3n) is 1.27. The Kier molecular flexibility index (Phi) is 3.33. The number of hydrogen-bond donors (Lipinski definition) is 2. The predicted octanol–water partition coefficient (Wildman–Crippen LogP) is 1.31. The van der Waals surface area contributed by atoms with E-state index in [9.17, 15) is 0 Å². The van der Waals surface area contributed by atoms with E-state index in [1.165, 1.54) is 0 Å². The first kappa shape index (κ1) is 9.31. The van der Waals surface area contributed by atoms with Crippen LogP contribution in [0.2, 0.25) is 0 Å². The molecule has 0 amide bonds. The summed E-state index contributed by atoms with van der Waals surface area (Å²) in [5.74, 6) is 5.08. The third-order valence-corrected chi connectivity index (χ3v) is 2.46. The van der Waals surface area contributed by atoms with Crippen LogP contribution in [0.3, 0.4) is 0 Å². The van der Waals surface area contributed by atoms with Crippen molar-refractivity contribution in [3.8, 4) is 0 Å². The van der Waals surface area contributed by atoms with Gasteiger partial charge in [-0.3, -0.25) is 5.43 Å². The van der Waals surface area contributed by atoms with Crippen LogP contribution in [0.5, 0.6) is 0 Å². The molecule has 0 saturated heterocycles. The highest BCUT2D eigenvalue weighted by Gasteiger charge is 1.97. The van der Waals surface area contributed by atoms with E-state index in [-0.39, 0.29) is 0 Å². The zero-order chi connectivity index (χ0) is 8.97. The molecule has 0 aliphatic carbocycles. The first-order chi connectivity index (χ1) is 5.74. The van der Waals surface area contributed by atoms with E-state index in [0.29, 0.717) is 5.11 Å². The van der Waals surface area contributed by atoms with E-state index in [1.807, 2.05) is 24.4 Å². The van der Waals surface area contributed by atoms with Gasteiger partial charge in [0.2, 0.25) is 5.11 Å². The highest BCUT2D eigenvalue weighted by Crippen LogP contribution is 2.09. The van der Waals surface area contributed by atoms with Gasteiger partial charge in [-0.05, 0) is 30.6 Å². The number of hydrazine groups is 1. The zero-order valence-corrected chi connectivity index (χ0v) is 8.21. The minimum absolute atomic E-state index is 0.306. The van der Waals surface area contributed by atoms with Crippen LogP contribution in [-0.4, -0.2) is 10.8 Å². The van der Waals surface area contributed by atoms with E-state index in [0.717, 1.165) is 10.6 Å². The Morgan fingerprint density at radius 3 is 3.00 bits per heavy atom. The van der Waals surface area contributed by atoms with Crippen molar-refractivity contribution in [1.29, 1.82) is 0 Å². The van der Waals surface area contributed by atoms with Crippen LogP contribution in [0.4, 0.5) is 0 Å². The fourth-order valence-electron chi connectivity index (χ4n) is 0.724. The number of hydrogen-bond acceptors (Lipinski definition) is 3. The van der Waals surface area contributed by atoms with Crippen molar-refractivity contribution in [3.63, 3.8) is 0 Å². The molecule has 0 spiro atoms. The average Bonchev–Trinajstić information content (AvgIpc) is 2.56. The van der Waals surface area contributed by atoms with Gasteiger partial charge in [0.25, 0.3) is 0 Å². The maximum Gasteiger partial charge on any atom is 0.207 e. The highest BCUT2D eigenvalue weighted by atomic mass is 32.1. The first-order valence-corrected chi connectivity index (χ1v) is 4.62. The van der Waals surface area contributed by atoms with Gasteiger partial charge in [-0.25, -0.2) is 10.8 Å². The molecule has 0 unspecified atom stereocenters. The number of aliphatic imine (C=N–C) groups is 1. The molecule has 0 atom stereocenters. The lowest BCUT2D eigenvalue weighted by Crippen LogP contribution is -2.27. The maximum absolute atomic E-state index is 5.08. The second-order valence-corrected chi connectivity index (χ2v) is 3.46. The lowest BCUT2D eigenvalue weighted by Gasteiger charge is -1.97. The molecule has 5 heteroatoms. The van der Waals surface area contributed by atoms with Crippen molar-refractivity contribution >= 4 is 34.4 Å². The molecule has 0 aromatic carbocycles. The van der Waals surface area contributed by atoms with E-state index in [2.05, 4.69) is 10.4 Å². The van der Waals surface area contributed by atoms with Crippen molar-refractivity contribution in [2.75, 3.05) is 0 Å². The van der Waals surface area contributed by atoms with Crippen LogP contribution in [-0.2, 0) is 0 Å². The molecule has 0 saturated carbocycles. The van der Waals surface area contributed by atoms with Crippen LogP contribution in [0, 0.1) is 0 Å². The van der Waals surface area contributed by atoms with Gasteiger partial charge in [0.15, 0.2) is 0 Å². The molecule has 3 nitrogen and oxygen atoms in total. The minimum Gasteiger partial charge on any atom is -0.299 e. The number of thiophene rings is 1. The lowest BCUT2D eigenvalue weighted by atomic mass is 10.3. The van der Waals surface area contributed by atoms with E-state index in [4.69, 9.17) is 18.1 Å². The monoisotopic (exact) mass is 199 g/mol. The molecule has 1 aromatic heterocycles. The molecular weight excluding hydrogens is 190 g/mol. The largest absolute Gasteiger partial charge is 0.299 e. The summed E-state index contributed by atoms with van der Waals surface area (Å²) in [4.78, 5) is 5.16. The molecule has 0 radical (unpaired) electrons. The van der Waals surface area contributed by atoms with Gasteiger partial charge in [-0.15, -0.1) is 11.3 Å². The Labute approximate surface area is 80.3 Å². The molecule has 1 aromatic rings. The predicted molar refractivity (Wildman–Crippen MR) is 56.5 cm³/mol. The van der Waals surface area contributed by atoms with Gasteiger partial charge in [0, 0.05) is 4.88 Å².